The highest BCUT2D eigenvalue weighted by molar-refractivity contribution is 7.89. The highest BCUT2D eigenvalue weighted by atomic mass is 32.2. The van der Waals surface area contributed by atoms with Gasteiger partial charge in [0.05, 0.1) is 11.5 Å². The maximum atomic E-state index is 13.6. The summed E-state index contributed by atoms with van der Waals surface area (Å²) in [4.78, 5) is 12.6. The molecule has 3 aromatic heterocycles. The molecule has 1 fully saturated rings. The van der Waals surface area contributed by atoms with Gasteiger partial charge in [0.25, 0.3) is 5.66 Å². The average Bonchev–Trinajstić information content (AvgIpc) is 3.45. The minimum atomic E-state index is -3.94. The van der Waals surface area contributed by atoms with E-state index in [9.17, 15) is 22.5 Å². The van der Waals surface area contributed by atoms with Gasteiger partial charge in [0.15, 0.2) is 11.5 Å². The van der Waals surface area contributed by atoms with Gasteiger partial charge < -0.3 is 4.57 Å². The Balaban J connectivity index is 1.95. The molecule has 0 aromatic carbocycles. The monoisotopic (exact) mass is 450 g/mol. The number of pyridine rings is 2. The third-order valence-corrected chi connectivity index (χ3v) is 6.99. The van der Waals surface area contributed by atoms with Crippen molar-refractivity contribution in [3.8, 4) is 17.6 Å². The van der Waals surface area contributed by atoms with Crippen LogP contribution in [0.1, 0.15) is 24.0 Å². The van der Waals surface area contributed by atoms with Crippen molar-refractivity contribution in [3.05, 3.63) is 35.7 Å². The maximum absolute atomic E-state index is 13.6. The number of rotatable bonds is 5. The van der Waals surface area contributed by atoms with Crippen molar-refractivity contribution in [1.82, 2.24) is 24.2 Å². The zero-order valence-electron chi connectivity index (χ0n) is 16.0. The summed E-state index contributed by atoms with van der Waals surface area (Å²) in [6.07, 6.45) is 3.78. The smallest absolute Gasteiger partial charge is 0.285 e. The number of fused-ring (bicyclic) bond motifs is 1. The lowest BCUT2D eigenvalue weighted by Crippen LogP contribution is -2.21. The molecule has 0 radical (unpaired) electrons. The first-order chi connectivity index (χ1) is 14.0. The molecule has 3 heterocycles. The first-order valence-corrected chi connectivity index (χ1v) is 10.9. The fourth-order valence-electron chi connectivity index (χ4n) is 3.25. The van der Waals surface area contributed by atoms with Crippen LogP contribution in [0.25, 0.3) is 22.7 Å². The van der Waals surface area contributed by atoms with Crippen LogP contribution in [-0.4, -0.2) is 35.0 Å². The summed E-state index contributed by atoms with van der Waals surface area (Å²) in [5.74, 6) is 0.156. The molecule has 4 rings (SSSR count). The number of nitriles is 1. The molecule has 12 heteroatoms. The summed E-state index contributed by atoms with van der Waals surface area (Å²) in [5, 5.41) is 9.45. The van der Waals surface area contributed by atoms with Crippen LogP contribution in [-0.2, 0) is 28.1 Å². The predicted molar refractivity (Wildman–Crippen MR) is 108 cm³/mol. The van der Waals surface area contributed by atoms with Gasteiger partial charge in [0, 0.05) is 25.0 Å². The summed E-state index contributed by atoms with van der Waals surface area (Å²) >= 11 is 0. The van der Waals surface area contributed by atoms with Crippen LogP contribution in [0, 0.1) is 11.3 Å². The Morgan fingerprint density at radius 1 is 1.30 bits per heavy atom. The highest BCUT2D eigenvalue weighted by Gasteiger charge is 2.46. The third kappa shape index (κ3) is 3.25. The quantitative estimate of drug-likeness (QED) is 0.598. The molecule has 1 aliphatic carbocycles. The Morgan fingerprint density at radius 2 is 2.00 bits per heavy atom. The molecule has 1 saturated carbocycles. The van der Waals surface area contributed by atoms with E-state index in [1.54, 1.807) is 7.05 Å². The minimum absolute atomic E-state index is 0.0431. The van der Waals surface area contributed by atoms with Gasteiger partial charge >= 0.3 is 0 Å². The van der Waals surface area contributed by atoms with Crippen molar-refractivity contribution in [2.45, 2.75) is 28.8 Å². The molecular formula is C18H17F2N6O2PS. The number of halogens is 2. The van der Waals surface area contributed by atoms with Crippen LogP contribution >= 0.6 is 9.24 Å². The van der Waals surface area contributed by atoms with Crippen molar-refractivity contribution in [3.63, 3.8) is 0 Å². The summed E-state index contributed by atoms with van der Waals surface area (Å²) < 4.78 is 56.4. The molecule has 0 saturated heterocycles. The Kier molecular flexibility index (Phi) is 4.65. The van der Waals surface area contributed by atoms with E-state index in [1.165, 1.54) is 39.2 Å². The maximum Gasteiger partial charge on any atom is 0.285 e. The van der Waals surface area contributed by atoms with E-state index in [0.29, 0.717) is 24.1 Å². The van der Waals surface area contributed by atoms with Crippen LogP contribution in [0.15, 0.2) is 29.4 Å². The van der Waals surface area contributed by atoms with Gasteiger partial charge in [-0.15, -0.1) is 0 Å². The zero-order valence-corrected chi connectivity index (χ0v) is 18.0. The number of aromatic nitrogens is 4. The lowest BCUT2D eigenvalue weighted by molar-refractivity contribution is 0.104. The molecule has 0 bridgehead atoms. The van der Waals surface area contributed by atoms with Crippen LogP contribution < -0.4 is 4.72 Å². The Hall–Kier alpha value is -2.54. The molecule has 1 unspecified atom stereocenters. The van der Waals surface area contributed by atoms with Crippen molar-refractivity contribution in [2.24, 2.45) is 7.05 Å². The van der Waals surface area contributed by atoms with E-state index in [4.69, 9.17) is 0 Å². The second-order valence-electron chi connectivity index (χ2n) is 7.16. The van der Waals surface area contributed by atoms with E-state index in [2.05, 4.69) is 25.7 Å². The standard InChI is InChI=1S/C18H17F2N6O2PS/c1-22-30(27,28)13-6-10(17(9-21)3-4-17)7-23-14(13)16-25-12-5-11(18(19,20)29)8-24-15(12)26(16)2/h5-8,22H,3-4,29H2,1-2H3. The second-order valence-corrected chi connectivity index (χ2v) is 9.74. The lowest BCUT2D eigenvalue weighted by Gasteiger charge is -2.13. The van der Waals surface area contributed by atoms with Crippen molar-refractivity contribution in [2.75, 3.05) is 7.05 Å². The molecule has 3 aromatic rings. The first kappa shape index (κ1) is 20.7. The summed E-state index contributed by atoms with van der Waals surface area (Å²) in [5.41, 5.74) is -3.18. The molecule has 0 amide bonds. The Bertz CT molecular complexity index is 1320. The zero-order chi connectivity index (χ0) is 21.9. The normalized spacial score (nSPS) is 15.9. The molecule has 1 N–H and O–H groups in total. The van der Waals surface area contributed by atoms with Crippen LogP contribution in [0.5, 0.6) is 0 Å². The minimum Gasteiger partial charge on any atom is -0.310 e. The third-order valence-electron chi connectivity index (χ3n) is 5.23. The van der Waals surface area contributed by atoms with E-state index < -0.39 is 21.1 Å². The number of hydrogen-bond acceptors (Lipinski definition) is 6. The summed E-state index contributed by atoms with van der Waals surface area (Å²) in [6.45, 7) is 0. The van der Waals surface area contributed by atoms with E-state index >= 15 is 0 Å². The van der Waals surface area contributed by atoms with Crippen molar-refractivity contribution < 1.29 is 17.2 Å². The van der Waals surface area contributed by atoms with Crippen molar-refractivity contribution >= 4 is 30.4 Å². The fraction of sp³-hybridized carbons (Fsp3) is 0.333. The average molecular weight is 450 g/mol. The fourth-order valence-corrected chi connectivity index (χ4v) is 4.31. The summed E-state index contributed by atoms with van der Waals surface area (Å²) in [6, 6.07) is 4.85. The molecular weight excluding hydrogens is 433 g/mol. The number of hydrogen-bond donors (Lipinski definition) is 1. The van der Waals surface area contributed by atoms with Gasteiger partial charge in [0.2, 0.25) is 10.0 Å². The van der Waals surface area contributed by atoms with Crippen LogP contribution in [0.3, 0.4) is 0 Å². The number of imidazole rings is 1. The molecule has 1 aliphatic rings. The van der Waals surface area contributed by atoms with Gasteiger partial charge in [-0.3, -0.25) is 4.98 Å². The van der Waals surface area contributed by atoms with Gasteiger partial charge in [-0.25, -0.2) is 23.1 Å². The molecule has 1 atom stereocenters. The van der Waals surface area contributed by atoms with Crippen molar-refractivity contribution in [1.29, 1.82) is 5.26 Å². The first-order valence-electron chi connectivity index (χ1n) is 8.88. The molecule has 0 spiro atoms. The topological polar surface area (TPSA) is 114 Å². The van der Waals surface area contributed by atoms with Crippen LogP contribution in [0.4, 0.5) is 8.78 Å². The van der Waals surface area contributed by atoms with E-state index in [1.807, 2.05) is 0 Å². The number of nitrogens with one attached hydrogen (secondary N) is 1. The Labute approximate surface area is 173 Å². The molecule has 156 valence electrons. The second kappa shape index (κ2) is 6.74. The predicted octanol–water partition coefficient (Wildman–Crippen LogP) is 2.42. The van der Waals surface area contributed by atoms with Gasteiger partial charge in [-0.1, -0.05) is 9.24 Å². The highest BCUT2D eigenvalue weighted by Crippen LogP contribution is 2.48. The molecule has 8 nitrogen and oxygen atoms in total. The molecule has 0 aliphatic heterocycles. The van der Waals surface area contributed by atoms with E-state index in [-0.39, 0.29) is 27.5 Å². The molecule has 30 heavy (non-hydrogen) atoms. The number of alkyl halides is 2. The number of aryl methyl sites for hydroxylation is 1. The van der Waals surface area contributed by atoms with Crippen LogP contribution in [0.2, 0.25) is 0 Å². The number of nitrogens with zero attached hydrogens (tertiary/aromatic N) is 5. The SMILES string of the molecule is CNS(=O)(=O)c1cc(C2(C#N)CC2)cnc1-c1nc2cc(C(F)(F)P)cnc2n1C. The van der Waals surface area contributed by atoms with Gasteiger partial charge in [-0.2, -0.15) is 14.0 Å². The summed E-state index contributed by atoms with van der Waals surface area (Å²) in [7, 11) is 0.367. The largest absolute Gasteiger partial charge is 0.310 e. The van der Waals surface area contributed by atoms with Gasteiger partial charge in [0.1, 0.15) is 16.1 Å². The van der Waals surface area contributed by atoms with E-state index in [0.717, 1.165) is 6.20 Å². The number of sulfonamides is 1. The lowest BCUT2D eigenvalue weighted by atomic mass is 9.99. The van der Waals surface area contributed by atoms with Gasteiger partial charge in [-0.05, 0) is 37.6 Å². The Morgan fingerprint density at radius 3 is 2.57 bits per heavy atom.